The molecule has 0 unspecified atom stereocenters. The first-order chi connectivity index (χ1) is 8.00. The fourth-order valence-corrected chi connectivity index (χ4v) is 1.87. The highest BCUT2D eigenvalue weighted by Crippen LogP contribution is 2.39. The average Bonchev–Trinajstić information content (AvgIpc) is 2.27. The van der Waals surface area contributed by atoms with E-state index in [-0.39, 0.29) is 17.2 Å². The lowest BCUT2D eigenvalue weighted by Gasteiger charge is -2.12. The van der Waals surface area contributed by atoms with Gasteiger partial charge >= 0.3 is 0 Å². The van der Waals surface area contributed by atoms with Gasteiger partial charge in [-0.05, 0) is 48.7 Å². The van der Waals surface area contributed by atoms with Gasteiger partial charge in [0.1, 0.15) is 5.75 Å². The molecule has 88 valence electrons. The van der Waals surface area contributed by atoms with Crippen LogP contribution in [0.15, 0.2) is 30.3 Å². The Morgan fingerprint density at radius 1 is 0.882 bits per heavy atom. The van der Waals surface area contributed by atoms with Crippen LogP contribution in [-0.4, -0.2) is 15.3 Å². The van der Waals surface area contributed by atoms with Gasteiger partial charge in [0.25, 0.3) is 0 Å². The van der Waals surface area contributed by atoms with Gasteiger partial charge in [-0.3, -0.25) is 0 Å². The number of phenolic OH excluding ortho intramolecular Hbond substituents is 3. The Morgan fingerprint density at radius 3 is 2.29 bits per heavy atom. The summed E-state index contributed by atoms with van der Waals surface area (Å²) in [4.78, 5) is 0. The van der Waals surface area contributed by atoms with Crippen molar-refractivity contribution >= 4 is 0 Å². The molecule has 2 rings (SSSR count). The summed E-state index contributed by atoms with van der Waals surface area (Å²) in [5.74, 6) is -0.186. The summed E-state index contributed by atoms with van der Waals surface area (Å²) in [6.07, 6.45) is 0. The van der Waals surface area contributed by atoms with Crippen molar-refractivity contribution in [1.82, 2.24) is 0 Å². The molecule has 0 aliphatic carbocycles. The van der Waals surface area contributed by atoms with Crippen LogP contribution in [0.3, 0.4) is 0 Å². The van der Waals surface area contributed by atoms with Crippen LogP contribution in [0, 0.1) is 13.8 Å². The number of phenols is 3. The van der Waals surface area contributed by atoms with E-state index in [0.717, 1.165) is 16.7 Å². The van der Waals surface area contributed by atoms with E-state index in [1.165, 1.54) is 6.07 Å². The molecule has 2 aromatic carbocycles. The summed E-state index contributed by atoms with van der Waals surface area (Å²) in [7, 11) is 0. The minimum absolute atomic E-state index is 0.144. The molecule has 0 fully saturated rings. The maximum atomic E-state index is 9.83. The SMILES string of the molecule is Cc1cc(O)cc(-c2cccc(O)c2O)c1C. The van der Waals surface area contributed by atoms with Gasteiger partial charge in [-0.2, -0.15) is 0 Å². The van der Waals surface area contributed by atoms with Gasteiger partial charge < -0.3 is 15.3 Å². The van der Waals surface area contributed by atoms with Crippen molar-refractivity contribution in [1.29, 1.82) is 0 Å². The molecule has 0 bridgehead atoms. The molecule has 0 amide bonds. The Bertz CT molecular complexity index is 574. The van der Waals surface area contributed by atoms with Crippen LogP contribution in [-0.2, 0) is 0 Å². The zero-order valence-electron chi connectivity index (χ0n) is 9.73. The van der Waals surface area contributed by atoms with Gasteiger partial charge in [-0.1, -0.05) is 12.1 Å². The molecule has 0 saturated carbocycles. The zero-order valence-corrected chi connectivity index (χ0v) is 9.73. The molecule has 3 N–H and O–H groups in total. The van der Waals surface area contributed by atoms with Crippen molar-refractivity contribution in [2.24, 2.45) is 0 Å². The van der Waals surface area contributed by atoms with Crippen LogP contribution in [0.2, 0.25) is 0 Å². The topological polar surface area (TPSA) is 60.7 Å². The Hall–Kier alpha value is -2.16. The van der Waals surface area contributed by atoms with Crippen LogP contribution in [0.1, 0.15) is 11.1 Å². The number of aryl methyl sites for hydroxylation is 1. The molecule has 0 heterocycles. The van der Waals surface area contributed by atoms with E-state index >= 15 is 0 Å². The molecule has 0 radical (unpaired) electrons. The number of aromatic hydroxyl groups is 3. The molecule has 0 aromatic heterocycles. The summed E-state index contributed by atoms with van der Waals surface area (Å²) in [6, 6.07) is 8.03. The van der Waals surface area contributed by atoms with Crippen LogP contribution in [0.4, 0.5) is 0 Å². The fraction of sp³-hybridized carbons (Fsp3) is 0.143. The Morgan fingerprint density at radius 2 is 1.59 bits per heavy atom. The summed E-state index contributed by atoms with van der Waals surface area (Å²) < 4.78 is 0. The minimum atomic E-state index is -0.166. The lowest BCUT2D eigenvalue weighted by atomic mass is 9.96. The standard InChI is InChI=1S/C14H14O3/c1-8-6-10(15)7-12(9(8)2)11-4-3-5-13(16)14(11)17/h3-7,15-17H,1-2H3. The predicted octanol–water partition coefficient (Wildman–Crippen LogP) is 3.09. The smallest absolute Gasteiger partial charge is 0.165 e. The Balaban J connectivity index is 2.73. The highest BCUT2D eigenvalue weighted by molar-refractivity contribution is 5.77. The van der Waals surface area contributed by atoms with Gasteiger partial charge in [-0.15, -0.1) is 0 Å². The van der Waals surface area contributed by atoms with E-state index in [1.54, 1.807) is 24.3 Å². The van der Waals surface area contributed by atoms with Gasteiger partial charge in [0, 0.05) is 5.56 Å². The third-order valence-electron chi connectivity index (χ3n) is 2.96. The molecule has 0 aliphatic rings. The van der Waals surface area contributed by atoms with E-state index < -0.39 is 0 Å². The number of rotatable bonds is 1. The van der Waals surface area contributed by atoms with E-state index in [9.17, 15) is 15.3 Å². The molecule has 0 saturated heterocycles. The van der Waals surface area contributed by atoms with E-state index in [0.29, 0.717) is 5.56 Å². The molecular weight excluding hydrogens is 216 g/mol. The normalized spacial score (nSPS) is 10.5. The van der Waals surface area contributed by atoms with Crippen LogP contribution in [0.5, 0.6) is 17.2 Å². The number of hydrogen-bond acceptors (Lipinski definition) is 3. The molecule has 3 nitrogen and oxygen atoms in total. The fourth-order valence-electron chi connectivity index (χ4n) is 1.87. The second-order valence-corrected chi connectivity index (χ2v) is 4.11. The van der Waals surface area contributed by atoms with Crippen molar-refractivity contribution < 1.29 is 15.3 Å². The van der Waals surface area contributed by atoms with E-state index in [4.69, 9.17) is 0 Å². The Labute approximate surface area is 99.6 Å². The van der Waals surface area contributed by atoms with E-state index in [2.05, 4.69) is 0 Å². The molecule has 2 aromatic rings. The van der Waals surface area contributed by atoms with Crippen molar-refractivity contribution in [3.63, 3.8) is 0 Å². The van der Waals surface area contributed by atoms with Crippen molar-refractivity contribution in [3.8, 4) is 28.4 Å². The van der Waals surface area contributed by atoms with Gasteiger partial charge in [0.15, 0.2) is 11.5 Å². The quantitative estimate of drug-likeness (QED) is 0.660. The third-order valence-corrected chi connectivity index (χ3v) is 2.96. The van der Waals surface area contributed by atoms with Crippen molar-refractivity contribution in [2.45, 2.75) is 13.8 Å². The number of benzene rings is 2. The number of hydrogen-bond donors (Lipinski definition) is 3. The first kappa shape index (κ1) is 11.3. The van der Waals surface area contributed by atoms with Crippen LogP contribution < -0.4 is 0 Å². The molecule has 0 spiro atoms. The number of para-hydroxylation sites is 1. The average molecular weight is 230 g/mol. The van der Waals surface area contributed by atoms with Crippen LogP contribution >= 0.6 is 0 Å². The Kier molecular flexibility index (Phi) is 2.68. The van der Waals surface area contributed by atoms with Crippen molar-refractivity contribution in [2.75, 3.05) is 0 Å². The molecule has 17 heavy (non-hydrogen) atoms. The maximum Gasteiger partial charge on any atom is 0.165 e. The second kappa shape index (κ2) is 4.01. The summed E-state index contributed by atoms with van der Waals surface area (Å²) in [5.41, 5.74) is 3.13. The van der Waals surface area contributed by atoms with Gasteiger partial charge in [-0.25, -0.2) is 0 Å². The highest BCUT2D eigenvalue weighted by Gasteiger charge is 2.12. The second-order valence-electron chi connectivity index (χ2n) is 4.11. The lowest BCUT2D eigenvalue weighted by Crippen LogP contribution is -1.88. The molecular formula is C14H14O3. The maximum absolute atomic E-state index is 9.83. The zero-order chi connectivity index (χ0) is 12.6. The molecule has 0 aliphatic heterocycles. The first-order valence-corrected chi connectivity index (χ1v) is 5.32. The molecule has 3 heteroatoms. The van der Waals surface area contributed by atoms with E-state index in [1.807, 2.05) is 13.8 Å². The largest absolute Gasteiger partial charge is 0.508 e. The van der Waals surface area contributed by atoms with Gasteiger partial charge in [0.05, 0.1) is 0 Å². The molecule has 0 atom stereocenters. The third kappa shape index (κ3) is 1.91. The highest BCUT2D eigenvalue weighted by atomic mass is 16.3. The van der Waals surface area contributed by atoms with Crippen molar-refractivity contribution in [3.05, 3.63) is 41.5 Å². The monoisotopic (exact) mass is 230 g/mol. The summed E-state index contributed by atoms with van der Waals surface area (Å²) in [5, 5.41) is 28.9. The summed E-state index contributed by atoms with van der Waals surface area (Å²) in [6.45, 7) is 3.80. The predicted molar refractivity (Wildman–Crippen MR) is 66.3 cm³/mol. The lowest BCUT2D eigenvalue weighted by molar-refractivity contribution is 0.405. The summed E-state index contributed by atoms with van der Waals surface area (Å²) >= 11 is 0. The minimum Gasteiger partial charge on any atom is -0.508 e. The van der Waals surface area contributed by atoms with Crippen LogP contribution in [0.25, 0.3) is 11.1 Å². The first-order valence-electron chi connectivity index (χ1n) is 5.32. The van der Waals surface area contributed by atoms with Gasteiger partial charge in [0.2, 0.25) is 0 Å².